The Morgan fingerprint density at radius 2 is 1.71 bits per heavy atom. The van der Waals surface area contributed by atoms with Gasteiger partial charge in [-0.25, -0.2) is 0 Å². The minimum absolute atomic E-state index is 0. The van der Waals surface area contributed by atoms with Crippen LogP contribution in [-0.4, -0.2) is 20.5 Å². The van der Waals surface area contributed by atoms with E-state index in [2.05, 4.69) is 3.82 Å². The van der Waals surface area contributed by atoms with Gasteiger partial charge in [-0.3, -0.25) is 0 Å². The van der Waals surface area contributed by atoms with Gasteiger partial charge in [0, 0.05) is 0 Å². The van der Waals surface area contributed by atoms with Gasteiger partial charge in [0.1, 0.15) is 0 Å². The monoisotopic (exact) mass is 198 g/mol. The summed E-state index contributed by atoms with van der Waals surface area (Å²) in [4.78, 5) is 0. The minimum atomic E-state index is -5.03. The van der Waals surface area contributed by atoms with Crippen LogP contribution >= 0.6 is 0 Å². The summed E-state index contributed by atoms with van der Waals surface area (Å²) < 4.78 is 31.3. The molecule has 0 fully saturated rings. The van der Waals surface area contributed by atoms with Gasteiger partial charge in [0.25, 0.3) is 0 Å². The number of rotatable bonds is 1. The van der Waals surface area contributed by atoms with Gasteiger partial charge in [-0.2, -0.15) is 0 Å². The molecule has 4 nitrogen and oxygen atoms in total. The van der Waals surface area contributed by atoms with Crippen molar-refractivity contribution in [2.45, 2.75) is 0 Å². The van der Waals surface area contributed by atoms with Crippen LogP contribution < -0.4 is 55.6 Å². The summed E-state index contributed by atoms with van der Waals surface area (Å²) in [6, 6.07) is 0. The van der Waals surface area contributed by atoms with Crippen molar-refractivity contribution in [2.24, 2.45) is 0 Å². The van der Waals surface area contributed by atoms with E-state index in [0.29, 0.717) is 0 Å². The average Bonchev–Trinajstić information content (AvgIpc) is 1.35. The fourth-order valence-corrected chi connectivity index (χ4v) is 0. The summed E-state index contributed by atoms with van der Waals surface area (Å²) in [5, 5.41) is 0. The van der Waals surface area contributed by atoms with E-state index in [0.717, 1.165) is 7.11 Å². The van der Waals surface area contributed by atoms with E-state index >= 15 is 0 Å². The second-order valence-corrected chi connectivity index (χ2v) is 2.99. The van der Waals surface area contributed by atoms with E-state index < -0.39 is 13.4 Å². The first-order valence-electron chi connectivity index (χ1n) is 1.07. The number of hydrogen-bond donors (Lipinski definition) is 0. The summed E-state index contributed by atoms with van der Waals surface area (Å²) in [6.07, 6.45) is 0. The van der Waals surface area contributed by atoms with Crippen molar-refractivity contribution in [3.8, 4) is 0 Å². The minimum Gasteiger partial charge on any atom is 1.00 e. The molecular weight excluding hydrogens is 194 g/mol. The van der Waals surface area contributed by atoms with Gasteiger partial charge in [0.05, 0.1) is 0 Å². The second kappa shape index (κ2) is 4.54. The van der Waals surface area contributed by atoms with E-state index in [9.17, 15) is 11.9 Å². The molecule has 7 heavy (non-hydrogen) atoms. The normalized spacial score (nSPS) is 10.0. The molecule has 0 N–H and O–H groups in total. The van der Waals surface area contributed by atoms with E-state index in [1.165, 1.54) is 0 Å². The van der Waals surface area contributed by atoms with Crippen molar-refractivity contribution in [1.29, 1.82) is 0 Å². The van der Waals surface area contributed by atoms with E-state index in [1.54, 1.807) is 0 Å². The summed E-state index contributed by atoms with van der Waals surface area (Å²) in [6.45, 7) is 0. The van der Waals surface area contributed by atoms with E-state index in [4.69, 9.17) is 0 Å². The first-order valence-corrected chi connectivity index (χ1v) is 3.87. The van der Waals surface area contributed by atoms with Gasteiger partial charge in [0.2, 0.25) is 0 Å². The fourth-order valence-electron chi connectivity index (χ4n) is 0. The molecule has 0 rings (SSSR count). The fraction of sp³-hybridized carbons (Fsp3) is 1.00. The van der Waals surface area contributed by atoms with Crippen LogP contribution in [0.15, 0.2) is 0 Å². The Morgan fingerprint density at radius 1 is 1.57 bits per heavy atom. The van der Waals surface area contributed by atoms with Crippen molar-refractivity contribution in [2.75, 3.05) is 7.11 Å². The van der Waals surface area contributed by atoms with Gasteiger partial charge >= 0.3 is 87.5 Å². The molecule has 0 saturated heterocycles. The maximum Gasteiger partial charge on any atom is 1.00 e. The van der Waals surface area contributed by atoms with Crippen LogP contribution in [-0.2, 0) is 11.5 Å². The van der Waals surface area contributed by atoms with Gasteiger partial charge in [-0.05, 0) is 0 Å². The summed E-state index contributed by atoms with van der Waals surface area (Å²) in [5.74, 6) is 0. The molecule has 0 aliphatic heterocycles. The molecule has 6 heteroatoms. The van der Waals surface area contributed by atoms with Gasteiger partial charge in [-0.15, -0.1) is 0 Å². The molecule has 0 aliphatic rings. The Hall–Kier alpha value is 1.68. The molecule has 0 saturated carbocycles. The standard InChI is InChI=1S/CH4O4Se.K/c1-5-6(2,3)4;/h1H3,(H,2,3,4);/q;+1/p-1. The molecule has 0 radical (unpaired) electrons. The van der Waals surface area contributed by atoms with Crippen molar-refractivity contribution < 1.29 is 67.1 Å². The molecule has 0 aliphatic carbocycles. The van der Waals surface area contributed by atoms with Crippen LogP contribution in [0.1, 0.15) is 0 Å². The average molecular weight is 197 g/mol. The van der Waals surface area contributed by atoms with Crippen molar-refractivity contribution in [3.63, 3.8) is 0 Å². The third-order valence-electron chi connectivity index (χ3n) is 0.204. The second-order valence-electron chi connectivity index (χ2n) is 0.575. The molecule has 0 aromatic heterocycles. The topological polar surface area (TPSA) is 66.4 Å². The summed E-state index contributed by atoms with van der Waals surface area (Å²) >= 11 is -5.03. The molecule has 0 heterocycles. The molecule has 0 bridgehead atoms. The van der Waals surface area contributed by atoms with Crippen LogP contribution in [0.2, 0.25) is 0 Å². The molecule has 0 aromatic rings. The molecule has 0 atom stereocenters. The molecule has 0 aromatic carbocycles. The SMILES string of the molecule is CO[Se](=O)(=O)[O-].[K+]. The quantitative estimate of drug-likeness (QED) is 0.396. The van der Waals surface area contributed by atoms with Gasteiger partial charge < -0.3 is 0 Å². The molecule has 0 unspecified atom stereocenters. The first-order chi connectivity index (χ1) is 2.56. The van der Waals surface area contributed by atoms with Crippen LogP contribution in [0.4, 0.5) is 0 Å². The van der Waals surface area contributed by atoms with Crippen molar-refractivity contribution in [1.82, 2.24) is 0 Å². The predicted octanol–water partition coefficient (Wildman–Crippen LogP) is -4.71. The molecule has 0 amide bonds. The van der Waals surface area contributed by atoms with Crippen molar-refractivity contribution >= 4 is 13.4 Å². The van der Waals surface area contributed by atoms with Crippen LogP contribution in [0.3, 0.4) is 0 Å². The molecule has 0 spiro atoms. The van der Waals surface area contributed by atoms with E-state index in [-0.39, 0.29) is 51.4 Å². The Morgan fingerprint density at radius 3 is 1.71 bits per heavy atom. The summed E-state index contributed by atoms with van der Waals surface area (Å²) in [7, 11) is 0.840. The smallest absolute Gasteiger partial charge is 1.00 e. The number of hydrogen-bond acceptors (Lipinski definition) is 4. The maximum atomic E-state index is 9.30. The van der Waals surface area contributed by atoms with Gasteiger partial charge in [-0.1, -0.05) is 0 Å². The zero-order chi connectivity index (χ0) is 5.21. The Labute approximate surface area is 85.9 Å². The van der Waals surface area contributed by atoms with Crippen LogP contribution in [0, 0.1) is 0 Å². The zero-order valence-corrected chi connectivity index (χ0v) is 8.88. The Bertz CT molecular complexity index is 114. The molecule has 38 valence electrons. The third kappa shape index (κ3) is 11.3. The maximum absolute atomic E-state index is 9.30. The Balaban J connectivity index is 0. The van der Waals surface area contributed by atoms with Crippen LogP contribution in [0.5, 0.6) is 0 Å². The van der Waals surface area contributed by atoms with Crippen LogP contribution in [0.25, 0.3) is 0 Å². The van der Waals surface area contributed by atoms with Gasteiger partial charge in [0.15, 0.2) is 0 Å². The summed E-state index contributed by atoms with van der Waals surface area (Å²) in [5.41, 5.74) is 0. The zero-order valence-electron chi connectivity index (χ0n) is 4.04. The van der Waals surface area contributed by atoms with Crippen molar-refractivity contribution in [3.05, 3.63) is 0 Å². The van der Waals surface area contributed by atoms with E-state index in [1.807, 2.05) is 0 Å². The largest absolute Gasteiger partial charge is 1.00 e. The third-order valence-corrected chi connectivity index (χ3v) is 1.06. The first kappa shape index (κ1) is 11.5. The predicted molar refractivity (Wildman–Crippen MR) is 14.1 cm³/mol. The molecular formula is CH3KO4Se. The Kier molecular flexibility index (Phi) is 7.45.